The van der Waals surface area contributed by atoms with E-state index in [1.807, 2.05) is 0 Å². The van der Waals surface area contributed by atoms with E-state index in [4.69, 9.17) is 19.0 Å². The molecule has 0 spiro atoms. The number of nitrogens with two attached hydrogens (primary N) is 1. The molecule has 4 nitrogen and oxygen atoms in total. The van der Waals surface area contributed by atoms with Gasteiger partial charge in [-0.15, -0.1) is 12.4 Å². The van der Waals surface area contributed by atoms with Crippen LogP contribution in [0.25, 0.3) is 0 Å². The normalized spacial score (nSPS) is 14.8. The molecule has 0 fully saturated rings. The van der Waals surface area contributed by atoms with Gasteiger partial charge in [-0.25, -0.2) is 0 Å². The number of hydrogen-bond donors (Lipinski definition) is 1. The Kier molecular flexibility index (Phi) is 16.8. The molecule has 0 radical (unpaired) electrons. The minimum atomic E-state index is -2.72. The topological polar surface area (TPSA) is 53.7 Å². The Bertz CT molecular complexity index is 314. The summed E-state index contributed by atoms with van der Waals surface area (Å²) in [6.45, 7) is 8.74. The van der Waals surface area contributed by atoms with Gasteiger partial charge in [0.15, 0.2) is 0 Å². The minimum Gasteiger partial charge on any atom is -0.377 e. The summed E-state index contributed by atoms with van der Waals surface area (Å²) in [4.78, 5) is 0. The minimum absolute atomic E-state index is 0. The molecule has 2 unspecified atom stereocenters. The van der Waals surface area contributed by atoms with Crippen molar-refractivity contribution < 1.29 is 13.3 Å². The summed E-state index contributed by atoms with van der Waals surface area (Å²) in [6, 6.07) is 0. The molecule has 0 aliphatic carbocycles. The van der Waals surface area contributed by atoms with Crippen molar-refractivity contribution in [1.29, 1.82) is 0 Å². The largest absolute Gasteiger partial charge is 0.503 e. The number of hydrogen-bond acceptors (Lipinski definition) is 4. The lowest BCUT2D eigenvalue weighted by atomic mass is 9.80. The molecule has 0 heterocycles. The highest BCUT2D eigenvalue weighted by Crippen LogP contribution is 2.43. The maximum Gasteiger partial charge on any atom is 0.503 e. The van der Waals surface area contributed by atoms with Crippen LogP contribution in [0.1, 0.15) is 91.9 Å². The zero-order valence-electron chi connectivity index (χ0n) is 18.4. The van der Waals surface area contributed by atoms with Gasteiger partial charge in [0.1, 0.15) is 0 Å². The smallest absolute Gasteiger partial charge is 0.377 e. The van der Waals surface area contributed by atoms with E-state index in [2.05, 4.69) is 27.7 Å². The fourth-order valence-electron chi connectivity index (χ4n) is 4.05. The fourth-order valence-corrected chi connectivity index (χ4v) is 7.11. The Morgan fingerprint density at radius 2 is 1.23 bits per heavy atom. The van der Waals surface area contributed by atoms with Gasteiger partial charge in [0.25, 0.3) is 0 Å². The predicted octanol–water partition coefficient (Wildman–Crippen LogP) is 5.95. The van der Waals surface area contributed by atoms with Gasteiger partial charge in [-0.2, -0.15) is 0 Å². The Balaban J connectivity index is 0. The molecular weight excluding hydrogens is 366 g/mol. The molecule has 6 heteroatoms. The van der Waals surface area contributed by atoms with Crippen molar-refractivity contribution in [2.75, 3.05) is 21.3 Å². The molecule has 0 rings (SSSR count). The molecule has 0 aliphatic rings. The van der Waals surface area contributed by atoms with Crippen molar-refractivity contribution >= 4 is 21.2 Å². The molecule has 0 saturated heterocycles. The zero-order chi connectivity index (χ0) is 19.3. The van der Waals surface area contributed by atoms with E-state index in [0.29, 0.717) is 5.92 Å². The molecule has 0 bridgehead atoms. The molecule has 0 aromatic carbocycles. The third-order valence-electron chi connectivity index (χ3n) is 5.47. The van der Waals surface area contributed by atoms with Crippen LogP contribution < -0.4 is 5.73 Å². The summed E-state index contributed by atoms with van der Waals surface area (Å²) >= 11 is 0. The number of rotatable bonds is 16. The molecule has 0 aliphatic heterocycles. The summed E-state index contributed by atoms with van der Waals surface area (Å²) in [5.41, 5.74) is 6.55. The third kappa shape index (κ3) is 9.51. The van der Waals surface area contributed by atoms with E-state index >= 15 is 0 Å². The first kappa shape index (κ1) is 28.6. The second kappa shape index (κ2) is 15.3. The quantitative estimate of drug-likeness (QED) is 0.252. The van der Waals surface area contributed by atoms with Gasteiger partial charge in [0.2, 0.25) is 0 Å². The second-order valence-electron chi connectivity index (χ2n) is 7.95. The maximum atomic E-state index is 6.57. The van der Waals surface area contributed by atoms with Crippen LogP contribution in [0.15, 0.2) is 0 Å². The molecule has 0 saturated carbocycles. The van der Waals surface area contributed by atoms with Crippen LogP contribution >= 0.6 is 12.4 Å². The van der Waals surface area contributed by atoms with Crippen LogP contribution in [0.3, 0.4) is 0 Å². The van der Waals surface area contributed by atoms with E-state index < -0.39 is 8.80 Å². The van der Waals surface area contributed by atoms with Crippen LogP contribution in [0.5, 0.6) is 0 Å². The van der Waals surface area contributed by atoms with Crippen molar-refractivity contribution in [2.24, 2.45) is 11.7 Å². The lowest BCUT2D eigenvalue weighted by Crippen LogP contribution is -2.55. The first-order valence-electron chi connectivity index (χ1n) is 10.3. The molecule has 0 aromatic rings. The van der Waals surface area contributed by atoms with Crippen LogP contribution in [0.2, 0.25) is 5.54 Å². The average Bonchev–Trinajstić information content (AvgIpc) is 2.58. The van der Waals surface area contributed by atoms with Gasteiger partial charge < -0.3 is 19.0 Å². The van der Waals surface area contributed by atoms with E-state index in [1.165, 1.54) is 44.9 Å². The highest BCUT2D eigenvalue weighted by Gasteiger charge is 2.52. The van der Waals surface area contributed by atoms with E-state index in [9.17, 15) is 0 Å². The van der Waals surface area contributed by atoms with E-state index in [1.54, 1.807) is 21.3 Å². The van der Waals surface area contributed by atoms with Crippen LogP contribution in [0, 0.1) is 5.92 Å². The van der Waals surface area contributed by atoms with Gasteiger partial charge in [-0.1, -0.05) is 65.2 Å². The van der Waals surface area contributed by atoms with Crippen molar-refractivity contribution in [3.8, 4) is 0 Å². The highest BCUT2D eigenvalue weighted by molar-refractivity contribution is 6.62. The molecule has 0 amide bonds. The van der Waals surface area contributed by atoms with Gasteiger partial charge in [0, 0.05) is 32.4 Å². The summed E-state index contributed by atoms with van der Waals surface area (Å²) < 4.78 is 17.6. The Hall–Kier alpha value is 0.347. The summed E-state index contributed by atoms with van der Waals surface area (Å²) in [5, 5.41) is 0. The summed E-state index contributed by atoms with van der Waals surface area (Å²) in [6.07, 6.45) is 12.4. The zero-order valence-corrected chi connectivity index (χ0v) is 20.3. The molecular formula is C20H46ClNO3Si. The first-order valence-corrected chi connectivity index (χ1v) is 12.1. The molecule has 0 aromatic heterocycles. The van der Waals surface area contributed by atoms with Crippen LogP contribution in [0.4, 0.5) is 0 Å². The average molecular weight is 412 g/mol. The summed E-state index contributed by atoms with van der Waals surface area (Å²) in [7, 11) is 2.46. The molecule has 2 N–H and O–H groups in total. The third-order valence-corrected chi connectivity index (χ3v) is 8.77. The lowest BCUT2D eigenvalue weighted by Gasteiger charge is -2.43. The lowest BCUT2D eigenvalue weighted by molar-refractivity contribution is 0.0869. The second-order valence-corrected chi connectivity index (χ2v) is 11.1. The van der Waals surface area contributed by atoms with Crippen LogP contribution in [-0.4, -0.2) is 35.7 Å². The molecule has 26 heavy (non-hydrogen) atoms. The number of halogens is 1. The van der Waals surface area contributed by atoms with Crippen molar-refractivity contribution in [2.45, 2.75) is 103 Å². The van der Waals surface area contributed by atoms with E-state index in [-0.39, 0.29) is 23.5 Å². The monoisotopic (exact) mass is 411 g/mol. The van der Waals surface area contributed by atoms with E-state index in [0.717, 1.165) is 19.3 Å². The Morgan fingerprint density at radius 1 is 0.769 bits per heavy atom. The van der Waals surface area contributed by atoms with Gasteiger partial charge in [-0.3, -0.25) is 0 Å². The van der Waals surface area contributed by atoms with Crippen molar-refractivity contribution in [1.82, 2.24) is 0 Å². The maximum absolute atomic E-state index is 6.57. The first-order chi connectivity index (χ1) is 11.8. The fraction of sp³-hybridized carbons (Fsp3) is 1.00. The standard InChI is InChI=1S/C20H45NO3Si.ClH/c1-8-10-11-12-13-14-15-17-19(25(22-5,23-6)24-7)18(16-9-2)20(3,4)21;/h18-19H,8-17,21H2,1-7H3;1H. The van der Waals surface area contributed by atoms with Gasteiger partial charge in [-0.05, 0) is 32.6 Å². The Labute approximate surface area is 170 Å². The highest BCUT2D eigenvalue weighted by atomic mass is 35.5. The predicted molar refractivity (Wildman–Crippen MR) is 117 cm³/mol. The SMILES string of the molecule is CCCCCCCCCC(C(CCC)C(C)(C)N)[Si](OC)(OC)OC.Cl. The van der Waals surface area contributed by atoms with Gasteiger partial charge in [0.05, 0.1) is 0 Å². The molecule has 160 valence electrons. The van der Waals surface area contributed by atoms with Crippen molar-refractivity contribution in [3.63, 3.8) is 0 Å². The summed E-state index contributed by atoms with van der Waals surface area (Å²) in [5.74, 6) is 0.337. The molecule has 2 atom stereocenters. The van der Waals surface area contributed by atoms with Crippen molar-refractivity contribution in [3.05, 3.63) is 0 Å². The van der Waals surface area contributed by atoms with Gasteiger partial charge >= 0.3 is 8.80 Å². The van der Waals surface area contributed by atoms with Crippen LogP contribution in [-0.2, 0) is 13.3 Å². The number of unbranched alkanes of at least 4 members (excludes halogenated alkanes) is 6. The Morgan fingerprint density at radius 3 is 1.62 bits per heavy atom.